The monoisotopic (exact) mass is 653 g/mol. The Balaban J connectivity index is 3.14. The van der Waals surface area contributed by atoms with Crippen molar-refractivity contribution in [3.8, 4) is 0 Å². The van der Waals surface area contributed by atoms with E-state index in [1.807, 2.05) is 48.5 Å². The molecule has 1 fully saturated rings. The van der Waals surface area contributed by atoms with Crippen molar-refractivity contribution < 1.29 is 28.2 Å². The summed E-state index contributed by atoms with van der Waals surface area (Å²) in [5.41, 5.74) is -0.696. The summed E-state index contributed by atoms with van der Waals surface area (Å²) in [5, 5.41) is 11.0. The number of ketones is 1. The molecule has 0 aliphatic carbocycles. The number of carbonyl (C=O) groups excluding carboxylic acids is 5. The van der Waals surface area contributed by atoms with Gasteiger partial charge in [-0.15, -0.1) is 6.58 Å². The van der Waals surface area contributed by atoms with Gasteiger partial charge < -0.3 is 26.2 Å². The molecule has 4 N–H and O–H groups in total. The van der Waals surface area contributed by atoms with Crippen LogP contribution in [0, 0.1) is 11.8 Å². The Kier molecular flexibility index (Phi) is 16.5. The lowest BCUT2D eigenvalue weighted by Gasteiger charge is -2.36. The summed E-state index contributed by atoms with van der Waals surface area (Å²) < 4.78 is 12.7. The van der Waals surface area contributed by atoms with Gasteiger partial charge in [-0.1, -0.05) is 60.0 Å². The van der Waals surface area contributed by atoms with Gasteiger partial charge in [0, 0.05) is 34.4 Å². The van der Waals surface area contributed by atoms with Crippen molar-refractivity contribution in [3.63, 3.8) is 0 Å². The number of likely N-dealkylation sites (tertiary alicyclic amines) is 1. The smallest absolute Gasteiger partial charge is 0.315 e. The average molecular weight is 654 g/mol. The average Bonchev–Trinajstić information content (AvgIpc) is 3.43. The molecule has 45 heavy (non-hydrogen) atoms. The number of amides is 5. The maximum absolute atomic E-state index is 13.8. The zero-order valence-electron chi connectivity index (χ0n) is 29.0. The molecule has 6 atom stereocenters. The number of unbranched alkanes of at least 4 members (excludes halogenated alkanes) is 1. The molecule has 1 rings (SSSR count). The van der Waals surface area contributed by atoms with Crippen molar-refractivity contribution in [1.29, 1.82) is 0 Å². The van der Waals surface area contributed by atoms with Crippen LogP contribution in [-0.4, -0.2) is 85.9 Å². The largest absolute Gasteiger partial charge is 0.346 e. The Hall–Kier alpha value is -2.76. The van der Waals surface area contributed by atoms with E-state index in [-0.39, 0.29) is 24.8 Å². The van der Waals surface area contributed by atoms with Crippen LogP contribution in [0.15, 0.2) is 12.7 Å². The zero-order chi connectivity index (χ0) is 34.5. The lowest BCUT2D eigenvalue weighted by molar-refractivity contribution is -0.142. The first-order chi connectivity index (χ1) is 21.0. The number of carbonyl (C=O) groups is 5. The summed E-state index contributed by atoms with van der Waals surface area (Å²) in [7, 11) is -1.20. The van der Waals surface area contributed by atoms with Crippen molar-refractivity contribution in [3.05, 3.63) is 12.7 Å². The molecule has 5 amide bonds. The summed E-state index contributed by atoms with van der Waals surface area (Å²) in [6.45, 7) is 21.2. The summed E-state index contributed by atoms with van der Waals surface area (Å²) >= 11 is 0. The molecule has 0 radical (unpaired) electrons. The number of Topliss-reactive ketones (excluding diaryl/α,β-unsaturated/α-hetero) is 1. The molecule has 0 spiro atoms. The molecule has 0 aromatic carbocycles. The van der Waals surface area contributed by atoms with Gasteiger partial charge in [0.15, 0.2) is 0 Å². The molecule has 0 aromatic rings. The summed E-state index contributed by atoms with van der Waals surface area (Å²) in [6, 6.07) is -3.35. The fourth-order valence-corrected chi connectivity index (χ4v) is 6.74. The van der Waals surface area contributed by atoms with E-state index in [1.54, 1.807) is 6.92 Å². The van der Waals surface area contributed by atoms with Crippen LogP contribution in [0.2, 0.25) is 0 Å². The Labute approximate surface area is 273 Å². The second-order valence-electron chi connectivity index (χ2n) is 13.6. The van der Waals surface area contributed by atoms with Gasteiger partial charge in [0.25, 0.3) is 5.91 Å². The van der Waals surface area contributed by atoms with Gasteiger partial charge in [0.1, 0.15) is 12.1 Å². The quantitative estimate of drug-likeness (QED) is 0.131. The lowest BCUT2D eigenvalue weighted by Crippen LogP contribution is -2.60. The van der Waals surface area contributed by atoms with E-state index in [4.69, 9.17) is 0 Å². The van der Waals surface area contributed by atoms with Crippen molar-refractivity contribution >= 4 is 40.3 Å². The van der Waals surface area contributed by atoms with Gasteiger partial charge in [-0.3, -0.25) is 23.4 Å². The van der Waals surface area contributed by atoms with E-state index in [1.165, 1.54) is 11.0 Å². The molecule has 1 aliphatic heterocycles. The number of hydrogen-bond acceptors (Lipinski definition) is 6. The van der Waals surface area contributed by atoms with E-state index >= 15 is 0 Å². The molecule has 12 heteroatoms. The van der Waals surface area contributed by atoms with Crippen LogP contribution in [0.4, 0.5) is 4.79 Å². The van der Waals surface area contributed by atoms with Crippen molar-refractivity contribution in [2.45, 2.75) is 136 Å². The highest BCUT2D eigenvalue weighted by Crippen LogP contribution is 2.30. The predicted molar refractivity (Wildman–Crippen MR) is 180 cm³/mol. The summed E-state index contributed by atoms with van der Waals surface area (Å²) in [4.78, 5) is 67.3. The highest BCUT2D eigenvalue weighted by molar-refractivity contribution is 7.86. The summed E-state index contributed by atoms with van der Waals surface area (Å²) in [5.74, 6) is -1.93. The van der Waals surface area contributed by atoms with Gasteiger partial charge in [0.05, 0.1) is 11.6 Å². The minimum absolute atomic E-state index is 0.0381. The molecular formula is C33H59N5O6S. The number of hydrogen-bond donors (Lipinski definition) is 4. The minimum atomic E-state index is -1.20. The van der Waals surface area contributed by atoms with Gasteiger partial charge in [0.2, 0.25) is 17.6 Å². The molecule has 0 bridgehead atoms. The van der Waals surface area contributed by atoms with E-state index in [9.17, 15) is 28.2 Å². The molecular weight excluding hydrogens is 594 g/mol. The van der Waals surface area contributed by atoms with Gasteiger partial charge in [-0.05, 0) is 65.2 Å². The third-order valence-electron chi connectivity index (χ3n) is 8.58. The van der Waals surface area contributed by atoms with Crippen LogP contribution in [0.3, 0.4) is 0 Å². The number of rotatable bonds is 18. The van der Waals surface area contributed by atoms with E-state index in [0.717, 1.165) is 12.8 Å². The minimum Gasteiger partial charge on any atom is -0.346 e. The predicted octanol–water partition coefficient (Wildman–Crippen LogP) is 3.59. The first kappa shape index (κ1) is 40.3. The highest BCUT2D eigenvalue weighted by atomic mass is 32.2. The van der Waals surface area contributed by atoms with Crippen LogP contribution in [-0.2, 0) is 30.0 Å². The number of nitrogens with one attached hydrogen (secondary N) is 4. The number of urea groups is 1. The Morgan fingerprint density at radius 2 is 1.67 bits per heavy atom. The molecule has 4 unspecified atom stereocenters. The zero-order valence-corrected chi connectivity index (χ0v) is 29.9. The first-order valence-corrected chi connectivity index (χ1v) is 17.8. The molecule has 11 nitrogen and oxygen atoms in total. The molecule has 0 aromatic heterocycles. The molecule has 258 valence electrons. The Morgan fingerprint density at radius 1 is 1.02 bits per heavy atom. The highest BCUT2D eigenvalue weighted by Gasteiger charge is 2.43. The van der Waals surface area contributed by atoms with Crippen molar-refractivity contribution in [2.24, 2.45) is 11.8 Å². The van der Waals surface area contributed by atoms with Crippen LogP contribution in [0.25, 0.3) is 0 Å². The maximum atomic E-state index is 13.8. The molecule has 1 aliphatic rings. The van der Waals surface area contributed by atoms with Crippen molar-refractivity contribution in [1.82, 2.24) is 26.2 Å². The standard InChI is InChI=1S/C33H59N5O6S/c1-11-15-17-33(14-4,21-45(44)32(8,9)10)37-31(43)35-23(7)30(42)38-20-24(22(5)6)19-26(38)28(40)36-25(16-12-2)27(39)29(41)34-18-13-3/h13,22-26H,3,11-12,14-21H2,1-2,4-10H3,(H,34,41)(H,36,40)(H2,35,37,43)/t23?,24-,25?,26+,33?,45?/m1/s1. The number of nitrogens with zero attached hydrogens (tertiary/aromatic N) is 1. The third kappa shape index (κ3) is 12.2. The fourth-order valence-electron chi connectivity index (χ4n) is 5.38. The van der Waals surface area contributed by atoms with Crippen molar-refractivity contribution in [2.75, 3.05) is 18.8 Å². The second kappa shape index (κ2) is 18.4. The van der Waals surface area contributed by atoms with Crippen LogP contribution >= 0.6 is 0 Å². The normalized spacial score (nSPS) is 20.0. The Bertz CT molecular complexity index is 1070. The van der Waals surface area contributed by atoms with E-state index < -0.39 is 68.7 Å². The van der Waals surface area contributed by atoms with Crippen LogP contribution < -0.4 is 21.3 Å². The molecule has 1 heterocycles. The van der Waals surface area contributed by atoms with E-state index in [2.05, 4.69) is 34.8 Å². The second-order valence-corrected chi connectivity index (χ2v) is 15.8. The first-order valence-electron chi connectivity index (χ1n) is 16.5. The summed E-state index contributed by atoms with van der Waals surface area (Å²) in [6.07, 6.45) is 5.70. The topological polar surface area (TPSA) is 154 Å². The maximum Gasteiger partial charge on any atom is 0.315 e. The fraction of sp³-hybridized carbons (Fsp3) is 0.788. The Morgan fingerprint density at radius 3 is 2.18 bits per heavy atom. The molecule has 1 saturated heterocycles. The molecule has 0 saturated carbocycles. The van der Waals surface area contributed by atoms with Crippen LogP contribution in [0.1, 0.15) is 107 Å². The van der Waals surface area contributed by atoms with Gasteiger partial charge in [-0.2, -0.15) is 0 Å². The van der Waals surface area contributed by atoms with E-state index in [0.29, 0.717) is 38.0 Å². The van der Waals surface area contributed by atoms with Crippen LogP contribution in [0.5, 0.6) is 0 Å². The lowest BCUT2D eigenvalue weighted by atomic mass is 9.92. The van der Waals surface area contributed by atoms with Gasteiger partial charge in [-0.25, -0.2) is 4.79 Å². The SMILES string of the molecule is C=CCNC(=O)C(=O)C(CCC)NC(=O)[C@@H]1C[C@@H](C(C)C)CN1C(=O)C(C)NC(=O)NC(CC)(CCCC)CS(=O)C(C)(C)C. The van der Waals surface area contributed by atoms with Gasteiger partial charge >= 0.3 is 6.03 Å². The third-order valence-corrected chi connectivity index (χ3v) is 10.8.